The van der Waals surface area contributed by atoms with Crippen molar-refractivity contribution in [2.75, 3.05) is 20.3 Å². The van der Waals surface area contributed by atoms with E-state index in [-0.39, 0.29) is 24.5 Å². The number of methoxy groups -OCH3 is 1. The van der Waals surface area contributed by atoms with Gasteiger partial charge in [-0.2, -0.15) is 0 Å². The Kier molecular flexibility index (Phi) is 6.58. The maximum atomic E-state index is 14.3. The third kappa shape index (κ3) is 4.75. The molecule has 0 radical (unpaired) electrons. The fourth-order valence-electron chi connectivity index (χ4n) is 3.77. The number of halogens is 1. The molecule has 4 rings (SSSR count). The Morgan fingerprint density at radius 1 is 1.18 bits per heavy atom. The largest absolute Gasteiger partial charge is 0.494 e. The maximum absolute atomic E-state index is 14.3. The highest BCUT2D eigenvalue weighted by Crippen LogP contribution is 2.34. The van der Waals surface area contributed by atoms with Gasteiger partial charge in [0.05, 0.1) is 32.8 Å². The molecule has 1 fully saturated rings. The lowest BCUT2D eigenvalue weighted by atomic mass is 9.90. The predicted molar refractivity (Wildman–Crippen MR) is 120 cm³/mol. The van der Waals surface area contributed by atoms with Gasteiger partial charge in [0, 0.05) is 11.1 Å². The van der Waals surface area contributed by atoms with Crippen molar-refractivity contribution in [2.24, 2.45) is 0 Å². The number of ether oxygens (including phenoxy) is 2. The zero-order valence-corrected chi connectivity index (χ0v) is 18.3. The maximum Gasteiger partial charge on any atom is 0.305 e. The van der Waals surface area contributed by atoms with E-state index in [1.165, 1.54) is 31.4 Å². The molecule has 2 heterocycles. The molecule has 8 nitrogen and oxygen atoms in total. The lowest BCUT2D eigenvalue weighted by Gasteiger charge is -2.36. The van der Waals surface area contributed by atoms with Gasteiger partial charge in [-0.05, 0) is 29.8 Å². The summed E-state index contributed by atoms with van der Waals surface area (Å²) in [5.41, 5.74) is 0.606. The molecule has 0 unspecified atom stereocenters. The number of aromatic nitrogens is 1. The summed E-state index contributed by atoms with van der Waals surface area (Å²) in [7, 11) is 1.47. The number of nitrogens with zero attached hydrogens (tertiary/aromatic N) is 1. The average Bonchev–Trinajstić information content (AvgIpc) is 2.81. The topological polar surface area (TPSA) is 118 Å². The van der Waals surface area contributed by atoms with E-state index in [9.17, 15) is 24.2 Å². The van der Waals surface area contributed by atoms with Crippen LogP contribution in [0, 0.1) is 5.82 Å². The first-order valence-corrected chi connectivity index (χ1v) is 10.5. The Morgan fingerprint density at radius 2 is 1.94 bits per heavy atom. The van der Waals surface area contributed by atoms with Crippen LogP contribution in [0.25, 0.3) is 11.3 Å². The van der Waals surface area contributed by atoms with Crippen molar-refractivity contribution >= 4 is 11.9 Å². The number of carboxylic acid groups (broad SMARTS) is 1. The van der Waals surface area contributed by atoms with Crippen LogP contribution in [-0.2, 0) is 15.1 Å². The van der Waals surface area contributed by atoms with E-state index in [2.05, 4.69) is 10.3 Å². The van der Waals surface area contributed by atoms with Crippen LogP contribution in [0.2, 0.25) is 0 Å². The molecule has 2 aromatic carbocycles. The number of rotatable bonds is 8. The second kappa shape index (κ2) is 9.58. The van der Waals surface area contributed by atoms with Crippen molar-refractivity contribution in [1.29, 1.82) is 0 Å². The molecule has 9 heteroatoms. The number of amides is 1. The number of carbonyl (C=O) groups is 2. The summed E-state index contributed by atoms with van der Waals surface area (Å²) in [5, 5.41) is 22.4. The molecule has 3 N–H and O–H groups in total. The first-order chi connectivity index (χ1) is 16.3. The van der Waals surface area contributed by atoms with Crippen LogP contribution in [0.4, 0.5) is 4.39 Å². The van der Waals surface area contributed by atoms with E-state index in [1.54, 1.807) is 36.4 Å². The number of aliphatic carboxylic acids is 1. The summed E-state index contributed by atoms with van der Waals surface area (Å²) in [5.74, 6) is -2.07. The number of nitrogens with one attached hydrogen (secondary N) is 1. The molecule has 0 saturated carbocycles. The van der Waals surface area contributed by atoms with Crippen molar-refractivity contribution in [3.8, 4) is 17.0 Å². The summed E-state index contributed by atoms with van der Waals surface area (Å²) >= 11 is 0. The molecule has 1 aliphatic rings. The zero-order valence-electron chi connectivity index (χ0n) is 18.3. The first kappa shape index (κ1) is 23.3. The summed E-state index contributed by atoms with van der Waals surface area (Å²) in [6.45, 7) is 0.370. The monoisotopic (exact) mass is 466 g/mol. The van der Waals surface area contributed by atoms with Gasteiger partial charge in [0.25, 0.3) is 5.91 Å². The number of carboxylic acids is 1. The summed E-state index contributed by atoms with van der Waals surface area (Å²) in [6, 6.07) is 14.7. The van der Waals surface area contributed by atoms with Crippen molar-refractivity contribution in [3.63, 3.8) is 0 Å². The molecule has 176 valence electrons. The van der Waals surface area contributed by atoms with Crippen molar-refractivity contribution in [1.82, 2.24) is 10.3 Å². The first-order valence-electron chi connectivity index (χ1n) is 10.5. The number of carbonyl (C=O) groups excluding carboxylic acids is 1. The van der Waals surface area contributed by atoms with Crippen molar-refractivity contribution in [3.05, 3.63) is 83.3 Å². The number of benzene rings is 2. The fraction of sp³-hybridized carbons (Fsp3) is 0.240. The smallest absolute Gasteiger partial charge is 0.305 e. The lowest BCUT2D eigenvalue weighted by Crippen LogP contribution is -2.46. The fourth-order valence-corrected chi connectivity index (χ4v) is 3.77. The molecule has 34 heavy (non-hydrogen) atoms. The molecule has 3 aromatic rings. The van der Waals surface area contributed by atoms with E-state index in [0.717, 1.165) is 0 Å². The molecule has 0 spiro atoms. The van der Waals surface area contributed by atoms with E-state index in [4.69, 9.17) is 9.47 Å². The van der Waals surface area contributed by atoms with Gasteiger partial charge in [0.15, 0.2) is 0 Å². The van der Waals surface area contributed by atoms with Crippen LogP contribution >= 0.6 is 0 Å². The van der Waals surface area contributed by atoms with Gasteiger partial charge in [-0.3, -0.25) is 9.59 Å². The molecular weight excluding hydrogens is 443 g/mol. The number of hydrogen-bond donors (Lipinski definition) is 3. The van der Waals surface area contributed by atoms with Gasteiger partial charge in [-0.15, -0.1) is 0 Å². The highest BCUT2D eigenvalue weighted by Gasteiger charge is 2.38. The Labute approximate surface area is 195 Å². The van der Waals surface area contributed by atoms with Crippen LogP contribution in [0.1, 0.15) is 34.1 Å². The summed E-state index contributed by atoms with van der Waals surface area (Å²) in [6.07, 6.45) is -0.502. The highest BCUT2D eigenvalue weighted by molar-refractivity contribution is 5.93. The SMILES string of the molecule is COc1ccc(C(=O)N[C@@H](CC(=O)O)c2ccccc2F)nc1-c1cccc(C2(O)COC2)c1. The van der Waals surface area contributed by atoms with Gasteiger partial charge in [-0.1, -0.05) is 36.4 Å². The molecule has 1 atom stereocenters. The van der Waals surface area contributed by atoms with Gasteiger partial charge < -0.3 is 25.0 Å². The summed E-state index contributed by atoms with van der Waals surface area (Å²) < 4.78 is 24.8. The predicted octanol–water partition coefficient (Wildman–Crippen LogP) is 3.06. The molecule has 1 saturated heterocycles. The second-order valence-electron chi connectivity index (χ2n) is 8.00. The average molecular weight is 466 g/mol. The Morgan fingerprint density at radius 3 is 2.59 bits per heavy atom. The van der Waals surface area contributed by atoms with Crippen LogP contribution in [0.5, 0.6) is 5.75 Å². The number of pyridine rings is 1. The van der Waals surface area contributed by atoms with E-state index in [0.29, 0.717) is 22.6 Å². The molecule has 1 amide bonds. The van der Waals surface area contributed by atoms with Crippen LogP contribution in [0.3, 0.4) is 0 Å². The molecule has 0 bridgehead atoms. The second-order valence-corrected chi connectivity index (χ2v) is 8.00. The zero-order chi connectivity index (χ0) is 24.3. The molecule has 1 aliphatic heterocycles. The molecular formula is C25H23FN2O6. The molecule has 0 aliphatic carbocycles. The van der Waals surface area contributed by atoms with Crippen LogP contribution in [0.15, 0.2) is 60.7 Å². The van der Waals surface area contributed by atoms with Crippen LogP contribution in [-0.4, -0.2) is 47.4 Å². The van der Waals surface area contributed by atoms with Crippen molar-refractivity contribution < 1.29 is 33.7 Å². The quantitative estimate of drug-likeness (QED) is 0.467. The molecule has 1 aromatic heterocycles. The number of hydrogen-bond acceptors (Lipinski definition) is 6. The minimum absolute atomic E-state index is 0.00128. The standard InChI is InChI=1S/C25H23FN2O6/c1-33-21-10-9-19(24(31)28-20(12-22(29)30)17-7-2-3-8-18(17)26)27-23(21)15-5-4-6-16(11-15)25(32)13-34-14-25/h2-11,20,32H,12-14H2,1H3,(H,28,31)(H,29,30)/t20-/m0/s1. The van der Waals surface area contributed by atoms with Gasteiger partial charge >= 0.3 is 5.97 Å². The van der Waals surface area contributed by atoms with Gasteiger partial charge in [-0.25, -0.2) is 9.37 Å². The Hall–Kier alpha value is -3.82. The number of aliphatic hydroxyl groups is 1. The van der Waals surface area contributed by atoms with Gasteiger partial charge in [0.2, 0.25) is 0 Å². The minimum atomic E-state index is -1.19. The van der Waals surface area contributed by atoms with E-state index >= 15 is 0 Å². The van der Waals surface area contributed by atoms with E-state index in [1.807, 2.05) is 0 Å². The minimum Gasteiger partial charge on any atom is -0.494 e. The Balaban J connectivity index is 1.66. The normalized spacial score (nSPS) is 15.1. The third-order valence-electron chi connectivity index (χ3n) is 5.63. The van der Waals surface area contributed by atoms with E-state index < -0.39 is 35.8 Å². The van der Waals surface area contributed by atoms with Crippen molar-refractivity contribution in [2.45, 2.75) is 18.1 Å². The Bertz CT molecular complexity index is 1230. The third-order valence-corrected chi connectivity index (χ3v) is 5.63. The highest BCUT2D eigenvalue weighted by atomic mass is 19.1. The van der Waals surface area contributed by atoms with Crippen LogP contribution < -0.4 is 10.1 Å². The van der Waals surface area contributed by atoms with Gasteiger partial charge in [0.1, 0.15) is 28.6 Å². The lowest BCUT2D eigenvalue weighted by molar-refractivity contribution is -0.184. The summed E-state index contributed by atoms with van der Waals surface area (Å²) in [4.78, 5) is 28.8.